The molecule has 0 amide bonds. The number of nitrogens with two attached hydrogens (primary N) is 1. The SMILES string of the molecule is C=c1c#cc(=O)c2cccc3c(N)ccc1c32. The first kappa shape index (κ1) is 9.68. The molecule has 0 saturated heterocycles. The normalized spacial score (nSPS) is 10.6. The van der Waals surface area contributed by atoms with Crippen molar-refractivity contribution in [2.75, 3.05) is 5.73 Å². The van der Waals surface area contributed by atoms with Crippen molar-refractivity contribution in [3.63, 3.8) is 0 Å². The Hall–Kier alpha value is -2.53. The Balaban J connectivity index is 2.87. The van der Waals surface area contributed by atoms with E-state index in [1.807, 2.05) is 24.3 Å². The molecule has 0 atom stereocenters. The number of nitrogen functional groups attached to an aromatic ring is 1. The van der Waals surface area contributed by atoms with E-state index in [1.165, 1.54) is 0 Å². The van der Waals surface area contributed by atoms with E-state index in [0.29, 0.717) is 16.3 Å². The van der Waals surface area contributed by atoms with E-state index in [2.05, 4.69) is 18.7 Å². The van der Waals surface area contributed by atoms with Crippen molar-refractivity contribution in [3.8, 4) is 0 Å². The molecule has 0 aliphatic heterocycles. The summed E-state index contributed by atoms with van der Waals surface area (Å²) in [6, 6.07) is 14.6. The van der Waals surface area contributed by atoms with Gasteiger partial charge in [0.15, 0.2) is 0 Å². The molecule has 0 radical (unpaired) electrons. The van der Waals surface area contributed by atoms with Crippen LogP contribution in [-0.2, 0) is 0 Å². The van der Waals surface area contributed by atoms with Crippen LogP contribution in [0.4, 0.5) is 5.69 Å². The fraction of sp³-hybridized carbons (Fsp3) is 0. The van der Waals surface area contributed by atoms with Crippen molar-refractivity contribution in [1.29, 1.82) is 0 Å². The lowest BCUT2D eigenvalue weighted by molar-refractivity contribution is 1.74. The van der Waals surface area contributed by atoms with Gasteiger partial charge in [0.1, 0.15) is 0 Å². The largest absolute Gasteiger partial charge is 0.398 e. The summed E-state index contributed by atoms with van der Waals surface area (Å²) < 4.78 is 0. The van der Waals surface area contributed by atoms with Crippen LogP contribution in [0, 0.1) is 12.1 Å². The van der Waals surface area contributed by atoms with Gasteiger partial charge in [0, 0.05) is 27.1 Å². The molecule has 3 aromatic carbocycles. The Kier molecular flexibility index (Phi) is 1.84. The molecule has 0 aromatic heterocycles. The minimum absolute atomic E-state index is 0.180. The maximum Gasteiger partial charge on any atom is 0.236 e. The molecule has 0 bridgehead atoms. The van der Waals surface area contributed by atoms with Crippen molar-refractivity contribution >= 4 is 33.8 Å². The second kappa shape index (κ2) is 3.23. The molecule has 3 aromatic rings. The zero-order valence-corrected chi connectivity index (χ0v) is 9.08. The molecule has 0 unspecified atom stereocenters. The van der Waals surface area contributed by atoms with Crippen LogP contribution in [0.15, 0.2) is 35.1 Å². The highest BCUT2D eigenvalue weighted by Crippen LogP contribution is 2.26. The Morgan fingerprint density at radius 3 is 2.59 bits per heavy atom. The first-order chi connectivity index (χ1) is 8.18. The van der Waals surface area contributed by atoms with Gasteiger partial charge in [-0.2, -0.15) is 0 Å². The van der Waals surface area contributed by atoms with Gasteiger partial charge in [0.25, 0.3) is 0 Å². The Labute approximate surface area is 98.0 Å². The van der Waals surface area contributed by atoms with Crippen LogP contribution in [0.2, 0.25) is 0 Å². The van der Waals surface area contributed by atoms with Gasteiger partial charge in [0.05, 0.1) is 0 Å². The first-order valence-electron chi connectivity index (χ1n) is 5.25. The summed E-state index contributed by atoms with van der Waals surface area (Å²) in [5.74, 6) is 0. The predicted molar refractivity (Wildman–Crippen MR) is 70.5 cm³/mol. The fourth-order valence-corrected chi connectivity index (χ4v) is 2.14. The third kappa shape index (κ3) is 1.26. The van der Waals surface area contributed by atoms with Crippen LogP contribution >= 0.6 is 0 Å². The van der Waals surface area contributed by atoms with E-state index in [4.69, 9.17) is 5.73 Å². The first-order valence-corrected chi connectivity index (χ1v) is 5.25. The van der Waals surface area contributed by atoms with Gasteiger partial charge >= 0.3 is 0 Å². The maximum absolute atomic E-state index is 11.9. The Bertz CT molecular complexity index is 803. The summed E-state index contributed by atoms with van der Waals surface area (Å²) in [4.78, 5) is 11.9. The minimum atomic E-state index is -0.180. The number of benzene rings is 2. The van der Waals surface area contributed by atoms with Gasteiger partial charge in [-0.3, -0.25) is 4.79 Å². The van der Waals surface area contributed by atoms with Crippen LogP contribution in [0.5, 0.6) is 0 Å². The van der Waals surface area contributed by atoms with Crippen LogP contribution in [0.1, 0.15) is 0 Å². The molecular formula is C15H9NO. The molecule has 80 valence electrons. The zero-order valence-electron chi connectivity index (χ0n) is 9.08. The average Bonchev–Trinajstić information content (AvgIpc) is 2.46. The predicted octanol–water partition coefficient (Wildman–Crippen LogP) is 1.66. The molecule has 0 heterocycles. The molecule has 3 rings (SSSR count). The summed E-state index contributed by atoms with van der Waals surface area (Å²) in [6.45, 7) is 3.90. The van der Waals surface area contributed by atoms with Crippen molar-refractivity contribution < 1.29 is 0 Å². The highest BCUT2D eigenvalue weighted by molar-refractivity contribution is 6.13. The summed E-state index contributed by atoms with van der Waals surface area (Å²) >= 11 is 0. The number of anilines is 1. The van der Waals surface area contributed by atoms with E-state index in [9.17, 15) is 4.79 Å². The molecule has 17 heavy (non-hydrogen) atoms. The van der Waals surface area contributed by atoms with Gasteiger partial charge in [-0.1, -0.05) is 30.8 Å². The molecule has 0 saturated carbocycles. The Morgan fingerprint density at radius 2 is 1.76 bits per heavy atom. The van der Waals surface area contributed by atoms with E-state index in [-0.39, 0.29) is 5.43 Å². The lowest BCUT2D eigenvalue weighted by Gasteiger charge is -2.03. The summed E-state index contributed by atoms with van der Waals surface area (Å²) in [6.07, 6.45) is 0. The van der Waals surface area contributed by atoms with E-state index in [0.717, 1.165) is 16.2 Å². The van der Waals surface area contributed by atoms with E-state index in [1.54, 1.807) is 6.07 Å². The highest BCUT2D eigenvalue weighted by atomic mass is 16.1. The lowest BCUT2D eigenvalue weighted by Crippen LogP contribution is -1.97. The minimum Gasteiger partial charge on any atom is -0.398 e. The van der Waals surface area contributed by atoms with Crippen LogP contribution in [0.3, 0.4) is 0 Å². The van der Waals surface area contributed by atoms with Gasteiger partial charge in [-0.25, -0.2) is 0 Å². The molecule has 0 aliphatic carbocycles. The number of hydrogen-bond acceptors (Lipinski definition) is 2. The third-order valence-electron chi connectivity index (χ3n) is 2.97. The molecule has 2 nitrogen and oxygen atoms in total. The van der Waals surface area contributed by atoms with Crippen molar-refractivity contribution in [2.45, 2.75) is 0 Å². The molecule has 0 spiro atoms. The van der Waals surface area contributed by atoms with Gasteiger partial charge in [-0.05, 0) is 23.6 Å². The smallest absolute Gasteiger partial charge is 0.236 e. The quantitative estimate of drug-likeness (QED) is 0.584. The van der Waals surface area contributed by atoms with Crippen molar-refractivity contribution in [3.05, 3.63) is 57.9 Å². The number of rotatable bonds is 0. The van der Waals surface area contributed by atoms with Gasteiger partial charge in [-0.15, -0.1) is 0 Å². The number of hydrogen-bond donors (Lipinski definition) is 1. The summed E-state index contributed by atoms with van der Waals surface area (Å²) in [7, 11) is 0. The third-order valence-corrected chi connectivity index (χ3v) is 2.97. The van der Waals surface area contributed by atoms with Crippen LogP contribution in [0.25, 0.3) is 28.1 Å². The lowest BCUT2D eigenvalue weighted by atomic mass is 10.0. The monoisotopic (exact) mass is 219 g/mol. The topological polar surface area (TPSA) is 43.1 Å². The average molecular weight is 219 g/mol. The second-order valence-electron chi connectivity index (χ2n) is 3.99. The molecular weight excluding hydrogens is 210 g/mol. The fourth-order valence-electron chi connectivity index (χ4n) is 2.14. The van der Waals surface area contributed by atoms with E-state index >= 15 is 0 Å². The Morgan fingerprint density at radius 1 is 1.00 bits per heavy atom. The highest BCUT2D eigenvalue weighted by Gasteiger charge is 2.05. The van der Waals surface area contributed by atoms with Gasteiger partial charge < -0.3 is 5.73 Å². The summed E-state index contributed by atoms with van der Waals surface area (Å²) in [5.41, 5.74) is 6.41. The van der Waals surface area contributed by atoms with Crippen LogP contribution < -0.4 is 16.4 Å². The zero-order chi connectivity index (χ0) is 12.0. The maximum atomic E-state index is 11.9. The molecule has 2 heteroatoms. The molecule has 2 N–H and O–H groups in total. The van der Waals surface area contributed by atoms with Gasteiger partial charge in [0.2, 0.25) is 5.43 Å². The molecule has 0 fully saturated rings. The van der Waals surface area contributed by atoms with Crippen LogP contribution in [-0.4, -0.2) is 0 Å². The van der Waals surface area contributed by atoms with Crippen molar-refractivity contribution in [2.24, 2.45) is 0 Å². The standard InChI is InChI=1S/C15H9NO/c1-9-5-8-14(17)12-4-2-3-11-13(16)7-6-10(9)15(11)12/h2-4,6-7H,1,16H2. The summed E-state index contributed by atoms with van der Waals surface area (Å²) in [5, 5.41) is 3.88. The van der Waals surface area contributed by atoms with E-state index < -0.39 is 0 Å². The molecule has 0 aliphatic rings. The van der Waals surface area contributed by atoms with Crippen molar-refractivity contribution in [1.82, 2.24) is 0 Å². The second-order valence-corrected chi connectivity index (χ2v) is 3.99.